The van der Waals surface area contributed by atoms with Gasteiger partial charge < -0.3 is 15.2 Å². The molecule has 30 heavy (non-hydrogen) atoms. The Morgan fingerprint density at radius 2 is 2.03 bits per heavy atom. The maximum atomic E-state index is 4.83. The molecule has 1 saturated carbocycles. The molecule has 8 heteroatoms. The Morgan fingerprint density at radius 1 is 1.27 bits per heavy atom. The highest BCUT2D eigenvalue weighted by atomic mass is 127. The minimum absolute atomic E-state index is 0. The minimum atomic E-state index is 0. The van der Waals surface area contributed by atoms with Gasteiger partial charge in [0.15, 0.2) is 11.8 Å². The Hall–Kier alpha value is -1.16. The van der Waals surface area contributed by atoms with E-state index in [9.17, 15) is 0 Å². The van der Waals surface area contributed by atoms with Crippen LogP contribution in [0.15, 0.2) is 22.5 Å². The first-order valence-electron chi connectivity index (χ1n) is 11.0. The van der Waals surface area contributed by atoms with Gasteiger partial charge in [-0.1, -0.05) is 45.1 Å². The fourth-order valence-corrected chi connectivity index (χ4v) is 4.77. The van der Waals surface area contributed by atoms with Crippen LogP contribution >= 0.6 is 35.3 Å². The van der Waals surface area contributed by atoms with Crippen molar-refractivity contribution in [1.29, 1.82) is 0 Å². The molecule has 2 unspecified atom stereocenters. The molecule has 3 rings (SSSR count). The number of halogens is 1. The molecule has 2 N–H and O–H groups in total. The van der Waals surface area contributed by atoms with Crippen molar-refractivity contribution >= 4 is 41.3 Å². The summed E-state index contributed by atoms with van der Waals surface area (Å²) in [5.74, 6) is 4.12. The lowest BCUT2D eigenvalue weighted by atomic mass is 9.78. The molecule has 6 nitrogen and oxygen atoms in total. The Kier molecular flexibility index (Phi) is 10.6. The lowest BCUT2D eigenvalue weighted by molar-refractivity contribution is 0.229. The summed E-state index contributed by atoms with van der Waals surface area (Å²) < 4.78 is 2.00. The van der Waals surface area contributed by atoms with E-state index in [1.807, 2.05) is 18.5 Å². The highest BCUT2D eigenvalue weighted by Gasteiger charge is 2.25. The molecule has 0 aromatic carbocycles. The molecule has 0 spiro atoms. The van der Waals surface area contributed by atoms with Gasteiger partial charge in [-0.25, -0.2) is 4.99 Å². The third-order valence-corrected chi connectivity index (χ3v) is 7.29. The molecule has 2 aromatic rings. The molecule has 0 saturated heterocycles. The highest BCUT2D eigenvalue weighted by Crippen LogP contribution is 2.31. The Morgan fingerprint density at radius 3 is 2.67 bits per heavy atom. The standard InChI is InChI=1S/C22H36N6S.HI/c1-16(19-9-6-5-7-10-19)17(2)25-22(23-13-12-20-11-8-14-29-20)24-15-21-27-26-18(3)28(21)4;/h8,11,14,16-17,19H,5-7,9-10,12-13,15H2,1-4H3,(H2,23,24,25);1H. The van der Waals surface area contributed by atoms with Gasteiger partial charge in [-0.2, -0.15) is 0 Å². The number of aliphatic imine (C=N–C) groups is 1. The Bertz CT molecular complexity index is 767. The smallest absolute Gasteiger partial charge is 0.191 e. The van der Waals surface area contributed by atoms with Crippen LogP contribution in [0.3, 0.4) is 0 Å². The average molecular weight is 545 g/mol. The summed E-state index contributed by atoms with van der Waals surface area (Å²) in [6.45, 7) is 8.04. The first-order chi connectivity index (χ1) is 14.0. The quantitative estimate of drug-likeness (QED) is 0.288. The van der Waals surface area contributed by atoms with Crippen LogP contribution < -0.4 is 10.6 Å². The molecular weight excluding hydrogens is 507 g/mol. The van der Waals surface area contributed by atoms with Crippen molar-refractivity contribution in [3.63, 3.8) is 0 Å². The van der Waals surface area contributed by atoms with Crippen LogP contribution in [0.1, 0.15) is 62.5 Å². The molecule has 2 aromatic heterocycles. The molecule has 0 amide bonds. The summed E-state index contributed by atoms with van der Waals surface area (Å²) in [6.07, 6.45) is 7.90. The lowest BCUT2D eigenvalue weighted by Gasteiger charge is -2.33. The van der Waals surface area contributed by atoms with Crippen LogP contribution in [-0.4, -0.2) is 33.3 Å². The number of nitrogens with one attached hydrogen (secondary N) is 2. The average Bonchev–Trinajstić information content (AvgIpc) is 3.36. The van der Waals surface area contributed by atoms with E-state index in [1.165, 1.54) is 37.0 Å². The predicted octanol–water partition coefficient (Wildman–Crippen LogP) is 4.69. The van der Waals surface area contributed by atoms with Gasteiger partial charge in [-0.3, -0.25) is 0 Å². The largest absolute Gasteiger partial charge is 0.356 e. The monoisotopic (exact) mass is 544 g/mol. The molecule has 2 heterocycles. The molecule has 1 fully saturated rings. The number of thiophene rings is 1. The fraction of sp³-hybridized carbons (Fsp3) is 0.682. The van der Waals surface area contributed by atoms with E-state index < -0.39 is 0 Å². The zero-order chi connectivity index (χ0) is 20.6. The van der Waals surface area contributed by atoms with Gasteiger partial charge in [-0.15, -0.1) is 45.5 Å². The van der Waals surface area contributed by atoms with Gasteiger partial charge in [0.1, 0.15) is 12.4 Å². The SMILES string of the molecule is Cc1nnc(CN=C(NCCc2cccs2)NC(C)C(C)C2CCCCC2)n1C.I. The summed E-state index contributed by atoms with van der Waals surface area (Å²) in [6, 6.07) is 4.68. The maximum absolute atomic E-state index is 4.83. The molecule has 168 valence electrons. The Balaban J connectivity index is 0.00000320. The number of aryl methyl sites for hydroxylation is 1. The van der Waals surface area contributed by atoms with E-state index in [2.05, 4.69) is 52.2 Å². The highest BCUT2D eigenvalue weighted by molar-refractivity contribution is 14.0. The summed E-state index contributed by atoms with van der Waals surface area (Å²) in [4.78, 5) is 6.22. The third-order valence-electron chi connectivity index (χ3n) is 6.35. The predicted molar refractivity (Wildman–Crippen MR) is 137 cm³/mol. The van der Waals surface area contributed by atoms with Crippen molar-refractivity contribution in [3.05, 3.63) is 34.0 Å². The van der Waals surface area contributed by atoms with E-state index in [0.29, 0.717) is 18.5 Å². The van der Waals surface area contributed by atoms with Crippen molar-refractivity contribution in [2.24, 2.45) is 23.9 Å². The third kappa shape index (κ3) is 7.21. The van der Waals surface area contributed by atoms with Crippen molar-refractivity contribution < 1.29 is 0 Å². The van der Waals surface area contributed by atoms with Crippen molar-refractivity contribution in [3.8, 4) is 0 Å². The molecule has 1 aliphatic rings. The first-order valence-corrected chi connectivity index (χ1v) is 11.8. The van der Waals surface area contributed by atoms with Crippen LogP contribution in [0.25, 0.3) is 0 Å². The fourth-order valence-electron chi connectivity index (χ4n) is 4.07. The van der Waals surface area contributed by atoms with Gasteiger partial charge in [0, 0.05) is 24.5 Å². The second kappa shape index (κ2) is 12.6. The number of hydrogen-bond donors (Lipinski definition) is 2. The van der Waals surface area contributed by atoms with Gasteiger partial charge in [0.2, 0.25) is 0 Å². The van der Waals surface area contributed by atoms with Gasteiger partial charge in [0.05, 0.1) is 0 Å². The second-order valence-electron chi connectivity index (χ2n) is 8.33. The normalized spacial score (nSPS) is 17.3. The van der Waals surface area contributed by atoms with Crippen molar-refractivity contribution in [1.82, 2.24) is 25.4 Å². The van der Waals surface area contributed by atoms with E-state index in [0.717, 1.165) is 36.5 Å². The number of guanidine groups is 1. The summed E-state index contributed by atoms with van der Waals surface area (Å²) in [5.41, 5.74) is 0. The van der Waals surface area contributed by atoms with E-state index in [4.69, 9.17) is 4.99 Å². The van der Waals surface area contributed by atoms with Crippen molar-refractivity contribution in [2.45, 2.75) is 71.9 Å². The molecule has 0 aliphatic heterocycles. The van der Waals surface area contributed by atoms with Gasteiger partial charge in [-0.05, 0) is 43.6 Å². The molecule has 0 bridgehead atoms. The van der Waals surface area contributed by atoms with Crippen molar-refractivity contribution in [2.75, 3.05) is 6.54 Å². The van der Waals surface area contributed by atoms with E-state index >= 15 is 0 Å². The molecule has 1 aliphatic carbocycles. The zero-order valence-corrected chi connectivity index (χ0v) is 21.9. The molecular formula is C22H37IN6S. The van der Waals surface area contributed by atoms with Crippen LogP contribution in [0.2, 0.25) is 0 Å². The van der Waals surface area contributed by atoms with Crippen LogP contribution in [-0.2, 0) is 20.0 Å². The van der Waals surface area contributed by atoms with Crippen LogP contribution in [0, 0.1) is 18.8 Å². The number of hydrogen-bond acceptors (Lipinski definition) is 4. The molecule has 2 atom stereocenters. The maximum Gasteiger partial charge on any atom is 0.191 e. The summed E-state index contributed by atoms with van der Waals surface area (Å²) >= 11 is 1.81. The van der Waals surface area contributed by atoms with Gasteiger partial charge in [0.25, 0.3) is 0 Å². The summed E-state index contributed by atoms with van der Waals surface area (Å²) in [7, 11) is 1.99. The van der Waals surface area contributed by atoms with Gasteiger partial charge >= 0.3 is 0 Å². The number of aromatic nitrogens is 3. The number of nitrogens with zero attached hydrogens (tertiary/aromatic N) is 4. The zero-order valence-electron chi connectivity index (χ0n) is 18.7. The van der Waals surface area contributed by atoms with E-state index in [-0.39, 0.29) is 24.0 Å². The molecule has 0 radical (unpaired) electrons. The minimum Gasteiger partial charge on any atom is -0.356 e. The topological polar surface area (TPSA) is 67.1 Å². The second-order valence-corrected chi connectivity index (χ2v) is 9.37. The van der Waals surface area contributed by atoms with Crippen LogP contribution in [0.4, 0.5) is 0 Å². The van der Waals surface area contributed by atoms with E-state index in [1.54, 1.807) is 11.3 Å². The summed E-state index contributed by atoms with van der Waals surface area (Å²) in [5, 5.41) is 17.7. The first kappa shape index (κ1) is 25.1. The number of rotatable bonds is 8. The Labute approximate surface area is 202 Å². The lowest BCUT2D eigenvalue weighted by Crippen LogP contribution is -2.47. The van der Waals surface area contributed by atoms with Crippen LogP contribution in [0.5, 0.6) is 0 Å².